The molecule has 22 heavy (non-hydrogen) atoms. The van der Waals surface area contributed by atoms with Crippen LogP contribution in [0.5, 0.6) is 0 Å². The fraction of sp³-hybridized carbons (Fsp3) is 0.941. The van der Waals surface area contributed by atoms with Crippen LogP contribution in [0, 0.1) is 0 Å². The minimum Gasteiger partial charge on any atom is -0.466 e. The van der Waals surface area contributed by atoms with Crippen LogP contribution in [0.25, 0.3) is 0 Å². The highest BCUT2D eigenvalue weighted by molar-refractivity contribution is 7.59. The molecule has 0 bridgehead atoms. The zero-order valence-corrected chi connectivity index (χ0v) is 15.7. The third-order valence-electron chi connectivity index (χ3n) is 3.51. The van der Waals surface area contributed by atoms with Crippen molar-refractivity contribution >= 4 is 13.3 Å². The maximum atomic E-state index is 12.8. The van der Waals surface area contributed by atoms with Gasteiger partial charge < -0.3 is 9.26 Å². The van der Waals surface area contributed by atoms with Crippen LogP contribution in [-0.2, 0) is 18.6 Å². The number of hydrogen-bond acceptors (Lipinski definition) is 4. The number of ether oxygens (including phenoxy) is 1. The van der Waals surface area contributed by atoms with Gasteiger partial charge in [-0.25, -0.2) is 0 Å². The molecule has 0 rings (SSSR count). The molecule has 5 heteroatoms. The van der Waals surface area contributed by atoms with E-state index in [4.69, 9.17) is 9.26 Å². The topological polar surface area (TPSA) is 52.6 Å². The first kappa shape index (κ1) is 21.7. The molecule has 0 spiro atoms. The van der Waals surface area contributed by atoms with E-state index in [1.165, 1.54) is 25.7 Å². The van der Waals surface area contributed by atoms with Gasteiger partial charge in [-0.3, -0.25) is 9.36 Å². The fourth-order valence-corrected chi connectivity index (χ4v) is 4.41. The van der Waals surface area contributed by atoms with Gasteiger partial charge in [0.1, 0.15) is 0 Å². The molecule has 0 N–H and O–H groups in total. The molecule has 0 saturated heterocycles. The first-order valence-electron chi connectivity index (χ1n) is 8.96. The van der Waals surface area contributed by atoms with E-state index in [0.29, 0.717) is 25.5 Å². The van der Waals surface area contributed by atoms with Crippen molar-refractivity contribution < 1.29 is 18.6 Å². The average molecular weight is 334 g/mol. The minimum atomic E-state index is -2.68. The lowest BCUT2D eigenvalue weighted by molar-refractivity contribution is -0.143. The van der Waals surface area contributed by atoms with E-state index in [2.05, 4.69) is 6.92 Å². The Morgan fingerprint density at radius 1 is 0.818 bits per heavy atom. The zero-order chi connectivity index (χ0) is 16.7. The molecule has 1 unspecified atom stereocenters. The Morgan fingerprint density at radius 2 is 1.45 bits per heavy atom. The summed E-state index contributed by atoms with van der Waals surface area (Å²) in [4.78, 5) is 11.6. The summed E-state index contributed by atoms with van der Waals surface area (Å²) in [7, 11) is -2.68. The second-order valence-corrected chi connectivity index (χ2v) is 8.61. The maximum absolute atomic E-state index is 12.8. The van der Waals surface area contributed by atoms with Crippen LogP contribution in [0.1, 0.15) is 78.6 Å². The summed E-state index contributed by atoms with van der Waals surface area (Å²) in [6, 6.07) is 0. The van der Waals surface area contributed by atoms with Gasteiger partial charge in [0.2, 0.25) is 7.37 Å². The van der Waals surface area contributed by atoms with E-state index in [1.54, 1.807) is 0 Å². The number of unbranched alkanes of at least 4 members (excludes halogenated alkanes) is 5. The fourth-order valence-electron chi connectivity index (χ4n) is 2.18. The van der Waals surface area contributed by atoms with Crippen molar-refractivity contribution in [2.75, 3.05) is 25.5 Å². The van der Waals surface area contributed by atoms with Gasteiger partial charge in [-0.2, -0.15) is 0 Å². The molecule has 0 aromatic rings. The molecule has 0 saturated carbocycles. The Hall–Kier alpha value is -0.340. The summed E-state index contributed by atoms with van der Waals surface area (Å²) in [5.74, 6) is -0.259. The van der Waals surface area contributed by atoms with Crippen LogP contribution in [0.4, 0.5) is 0 Å². The van der Waals surface area contributed by atoms with Crippen LogP contribution in [0.15, 0.2) is 0 Å². The number of rotatable bonds is 15. The molecule has 1 atom stereocenters. The predicted molar refractivity (Wildman–Crippen MR) is 92.8 cm³/mol. The molecular formula is C17H35O4P. The minimum absolute atomic E-state index is 0.205. The Bertz CT molecular complexity index is 318. The highest BCUT2D eigenvalue weighted by atomic mass is 31.2. The molecule has 0 radical (unpaired) electrons. The SMILES string of the molecule is CCCCCCCCP(=O)(CCC(=O)OCCC)OCCC. The van der Waals surface area contributed by atoms with Crippen molar-refractivity contribution in [2.45, 2.75) is 78.6 Å². The molecule has 4 nitrogen and oxygen atoms in total. The van der Waals surface area contributed by atoms with Crippen molar-refractivity contribution in [2.24, 2.45) is 0 Å². The lowest BCUT2D eigenvalue weighted by Gasteiger charge is -2.18. The molecule has 0 aromatic carbocycles. The average Bonchev–Trinajstić information content (AvgIpc) is 2.52. The zero-order valence-electron chi connectivity index (χ0n) is 14.8. The van der Waals surface area contributed by atoms with Crippen molar-refractivity contribution in [1.82, 2.24) is 0 Å². The van der Waals surface area contributed by atoms with Gasteiger partial charge in [0.25, 0.3) is 0 Å². The van der Waals surface area contributed by atoms with Gasteiger partial charge in [-0.15, -0.1) is 0 Å². The van der Waals surface area contributed by atoms with E-state index < -0.39 is 7.37 Å². The molecule has 0 aliphatic rings. The van der Waals surface area contributed by atoms with Crippen molar-refractivity contribution in [3.63, 3.8) is 0 Å². The smallest absolute Gasteiger partial charge is 0.306 e. The van der Waals surface area contributed by atoms with E-state index >= 15 is 0 Å². The molecule has 0 aromatic heterocycles. The highest BCUT2D eigenvalue weighted by Gasteiger charge is 2.24. The third-order valence-corrected chi connectivity index (χ3v) is 6.06. The summed E-state index contributed by atoms with van der Waals surface area (Å²) < 4.78 is 23.5. The van der Waals surface area contributed by atoms with Gasteiger partial charge in [0.05, 0.1) is 19.6 Å². The van der Waals surface area contributed by atoms with Gasteiger partial charge >= 0.3 is 5.97 Å². The van der Waals surface area contributed by atoms with Crippen LogP contribution in [0.3, 0.4) is 0 Å². The summed E-state index contributed by atoms with van der Waals surface area (Å²) >= 11 is 0. The highest BCUT2D eigenvalue weighted by Crippen LogP contribution is 2.48. The Morgan fingerprint density at radius 3 is 2.09 bits per heavy atom. The van der Waals surface area contributed by atoms with E-state index in [9.17, 15) is 9.36 Å². The van der Waals surface area contributed by atoms with Gasteiger partial charge in [-0.05, 0) is 19.3 Å². The Kier molecular flexibility index (Phi) is 14.0. The van der Waals surface area contributed by atoms with Crippen LogP contribution in [0.2, 0.25) is 0 Å². The summed E-state index contributed by atoms with van der Waals surface area (Å²) in [5.41, 5.74) is 0. The van der Waals surface area contributed by atoms with Gasteiger partial charge in [-0.1, -0.05) is 52.9 Å². The number of hydrogen-bond donors (Lipinski definition) is 0. The largest absolute Gasteiger partial charge is 0.466 e. The number of carbonyl (C=O) groups is 1. The van der Waals surface area contributed by atoms with Crippen molar-refractivity contribution in [3.8, 4) is 0 Å². The molecule has 0 aliphatic heterocycles. The number of carbonyl (C=O) groups excluding carboxylic acids is 1. The summed E-state index contributed by atoms with van der Waals surface area (Å²) in [5, 5.41) is 0. The normalized spacial score (nSPS) is 13.8. The Labute approximate surface area is 136 Å². The molecule has 0 aliphatic carbocycles. The lowest BCUT2D eigenvalue weighted by atomic mass is 10.1. The second kappa shape index (κ2) is 14.3. The van der Waals surface area contributed by atoms with Crippen LogP contribution < -0.4 is 0 Å². The second-order valence-electron chi connectivity index (χ2n) is 5.83. The molecule has 0 amide bonds. The van der Waals surface area contributed by atoms with E-state index in [0.717, 1.165) is 25.7 Å². The van der Waals surface area contributed by atoms with E-state index in [-0.39, 0.29) is 12.4 Å². The molecule has 0 fully saturated rings. The third kappa shape index (κ3) is 12.2. The Balaban J connectivity index is 4.10. The predicted octanol–water partition coefficient (Wildman–Crippen LogP) is 5.39. The number of esters is 1. The quantitative estimate of drug-likeness (QED) is 0.229. The summed E-state index contributed by atoms with van der Waals surface area (Å²) in [6.07, 6.45) is 9.76. The van der Waals surface area contributed by atoms with Crippen LogP contribution >= 0.6 is 7.37 Å². The van der Waals surface area contributed by atoms with E-state index in [1.807, 2.05) is 13.8 Å². The van der Waals surface area contributed by atoms with Crippen molar-refractivity contribution in [3.05, 3.63) is 0 Å². The summed E-state index contributed by atoms with van der Waals surface area (Å²) in [6.45, 7) is 7.11. The maximum Gasteiger partial charge on any atom is 0.306 e. The lowest BCUT2D eigenvalue weighted by Crippen LogP contribution is -2.10. The van der Waals surface area contributed by atoms with Gasteiger partial charge in [0, 0.05) is 12.3 Å². The van der Waals surface area contributed by atoms with Crippen molar-refractivity contribution in [1.29, 1.82) is 0 Å². The van der Waals surface area contributed by atoms with Gasteiger partial charge in [0.15, 0.2) is 0 Å². The first-order chi connectivity index (χ1) is 10.6. The molecule has 0 heterocycles. The molecular weight excluding hydrogens is 299 g/mol. The standard InChI is InChI=1S/C17H35O4P/c1-4-7-8-9-10-11-15-22(19,21-14-6-3)16-12-17(18)20-13-5-2/h4-16H2,1-3H3. The first-order valence-corrected chi connectivity index (χ1v) is 11.0. The van der Waals surface area contributed by atoms with Crippen LogP contribution in [-0.4, -0.2) is 31.5 Å². The molecule has 132 valence electrons. The monoisotopic (exact) mass is 334 g/mol.